The van der Waals surface area contributed by atoms with Crippen LogP contribution in [0.3, 0.4) is 0 Å². The average Bonchev–Trinajstić information content (AvgIpc) is 2.15. The van der Waals surface area contributed by atoms with Crippen molar-refractivity contribution in [1.29, 1.82) is 0 Å². The van der Waals surface area contributed by atoms with Crippen molar-refractivity contribution in [3.05, 3.63) is 13.8 Å². The van der Waals surface area contributed by atoms with Crippen LogP contribution in [0.15, 0.2) is 0 Å². The molecule has 0 rings (SSSR count). The summed E-state index contributed by atoms with van der Waals surface area (Å²) in [6, 6.07) is 0. The van der Waals surface area contributed by atoms with Crippen LogP contribution < -0.4 is 0 Å². The van der Waals surface area contributed by atoms with Gasteiger partial charge in [-0.1, -0.05) is 94.9 Å². The van der Waals surface area contributed by atoms with Crippen LogP contribution in [-0.2, 0) is 25.3 Å². The third kappa shape index (κ3) is 145. The number of hydrogen-bond acceptors (Lipinski definition) is 2. The Morgan fingerprint density at radius 3 is 0.810 bits per heavy atom. The molecule has 0 aliphatic rings. The molecule has 0 saturated carbocycles. The Morgan fingerprint density at radius 1 is 0.667 bits per heavy atom. The summed E-state index contributed by atoms with van der Waals surface area (Å²) in [7, 11) is 0. The van der Waals surface area contributed by atoms with Gasteiger partial charge in [-0.3, -0.25) is 0 Å². The van der Waals surface area contributed by atoms with Gasteiger partial charge in [0.05, 0.1) is 0 Å². The van der Waals surface area contributed by atoms with E-state index in [0.717, 1.165) is 0 Å². The zero-order valence-corrected chi connectivity index (χ0v) is 20.4. The van der Waals surface area contributed by atoms with Gasteiger partial charge in [-0.15, -0.1) is 0 Å². The maximum atomic E-state index is 4.88. The maximum absolute atomic E-state index is 4.88. The fourth-order valence-corrected chi connectivity index (χ4v) is 1.28. The zero-order chi connectivity index (χ0) is 17.1. The first-order valence-electron chi connectivity index (χ1n) is 7.98. The second kappa shape index (κ2) is 29.5. The first-order valence-corrected chi connectivity index (χ1v) is 8.93. The van der Waals surface area contributed by atoms with Gasteiger partial charge < -0.3 is 25.3 Å². The van der Waals surface area contributed by atoms with E-state index in [-0.39, 0.29) is 23.9 Å². The molecule has 4 radical (unpaired) electrons. The van der Waals surface area contributed by atoms with Gasteiger partial charge in [-0.25, -0.2) is 0 Å². The van der Waals surface area contributed by atoms with Crippen molar-refractivity contribution >= 4 is 49.2 Å². The predicted molar refractivity (Wildman–Crippen MR) is 110 cm³/mol. The third-order valence-electron chi connectivity index (χ3n) is 1.39. The molecule has 0 heterocycles. The molecule has 0 amide bonds. The normalized spacial score (nSPS) is 11.7. The molecule has 0 aliphatic heterocycles. The Labute approximate surface area is 165 Å². The molecular formula is C18H40S2Sn. The summed E-state index contributed by atoms with van der Waals surface area (Å²) in [6.45, 7) is 23.9. The van der Waals surface area contributed by atoms with Crippen molar-refractivity contribution < 1.29 is 0 Å². The first kappa shape index (κ1) is 34.0. The molecule has 0 nitrogen and oxygen atoms in total. The first-order chi connectivity index (χ1) is 9.00. The van der Waals surface area contributed by atoms with Crippen molar-refractivity contribution in [2.75, 3.05) is 0 Å². The van der Waals surface area contributed by atoms with Crippen molar-refractivity contribution in [3.8, 4) is 0 Å². The van der Waals surface area contributed by atoms with Crippen LogP contribution in [0, 0.1) is 25.7 Å². The third-order valence-corrected chi connectivity index (χ3v) is 1.86. The Kier molecular flexibility index (Phi) is 47.7. The van der Waals surface area contributed by atoms with Gasteiger partial charge >= 0.3 is 23.9 Å². The Balaban J connectivity index is -0.0000000544. The summed E-state index contributed by atoms with van der Waals surface area (Å²) in [5.74, 6) is 1.17. The van der Waals surface area contributed by atoms with Gasteiger partial charge in [-0.05, 0) is 11.8 Å². The van der Waals surface area contributed by atoms with Crippen LogP contribution in [-0.4, -0.2) is 34.4 Å². The van der Waals surface area contributed by atoms with Crippen LogP contribution in [0.5, 0.6) is 0 Å². The van der Waals surface area contributed by atoms with E-state index in [1.165, 1.54) is 25.7 Å². The summed E-state index contributed by atoms with van der Waals surface area (Å²) in [4.78, 5) is 0. The minimum absolute atomic E-state index is 0. The molecule has 21 heavy (non-hydrogen) atoms. The minimum atomic E-state index is 0. The molecule has 0 fully saturated rings. The largest absolute Gasteiger partial charge is 2.00 e. The van der Waals surface area contributed by atoms with E-state index in [9.17, 15) is 0 Å². The molecule has 0 aliphatic carbocycles. The Hall–Kier alpha value is 1.50. The summed E-state index contributed by atoms with van der Waals surface area (Å²) in [5, 5.41) is 0.963. The number of rotatable bonds is 4. The molecule has 0 N–H and O–H groups in total. The molecule has 0 aromatic carbocycles. The topological polar surface area (TPSA) is 0 Å². The second-order valence-electron chi connectivity index (χ2n) is 5.99. The Bertz CT molecular complexity index is 114. The van der Waals surface area contributed by atoms with E-state index < -0.39 is 0 Å². The quantitative estimate of drug-likeness (QED) is 0.388. The SMILES string of the molecule is CCCC(C)[S-].CCCC(C)[S-].[CH2]C(C)C.[CH2]C(C)C.[Sn+2]. The van der Waals surface area contributed by atoms with E-state index >= 15 is 0 Å². The van der Waals surface area contributed by atoms with Crippen LogP contribution in [0.25, 0.3) is 0 Å². The van der Waals surface area contributed by atoms with Gasteiger partial charge in [-0.2, -0.15) is 10.5 Å². The average molecular weight is 439 g/mol. The van der Waals surface area contributed by atoms with Crippen molar-refractivity contribution in [3.63, 3.8) is 0 Å². The molecule has 128 valence electrons. The van der Waals surface area contributed by atoms with E-state index in [2.05, 4.69) is 69.2 Å². The minimum Gasteiger partial charge on any atom is -0.789 e. The summed E-state index contributed by atoms with van der Waals surface area (Å²) >= 11 is 9.76. The Morgan fingerprint density at radius 2 is 0.810 bits per heavy atom. The standard InChI is InChI=1S/2C5H12S.2C4H9.Sn/c2*1-3-4-5(2)6;2*1-4(2)3;/h2*5-6H,3-4H2,1-2H3;2*4H,1H2,2-3H3;/q;;;;+2/p-2. The van der Waals surface area contributed by atoms with E-state index in [0.29, 0.717) is 22.3 Å². The van der Waals surface area contributed by atoms with E-state index in [1.807, 2.05) is 0 Å². The van der Waals surface area contributed by atoms with Gasteiger partial charge in [0.1, 0.15) is 0 Å². The van der Waals surface area contributed by atoms with Crippen molar-refractivity contribution in [2.24, 2.45) is 11.8 Å². The van der Waals surface area contributed by atoms with Crippen LogP contribution in [0.2, 0.25) is 0 Å². The van der Waals surface area contributed by atoms with E-state index in [4.69, 9.17) is 25.3 Å². The number of hydrogen-bond donors (Lipinski definition) is 0. The fraction of sp³-hybridized carbons (Fsp3) is 0.889. The molecule has 3 heteroatoms. The van der Waals surface area contributed by atoms with Gasteiger partial charge in [0.2, 0.25) is 0 Å². The second-order valence-corrected chi connectivity index (χ2v) is 7.60. The molecule has 0 aromatic rings. The zero-order valence-electron chi connectivity index (χ0n) is 15.9. The van der Waals surface area contributed by atoms with Gasteiger partial charge in [0.15, 0.2) is 0 Å². The van der Waals surface area contributed by atoms with E-state index in [1.54, 1.807) is 0 Å². The van der Waals surface area contributed by atoms with Gasteiger partial charge in [0.25, 0.3) is 0 Å². The smallest absolute Gasteiger partial charge is 0.789 e. The monoisotopic (exact) mass is 440 g/mol. The van der Waals surface area contributed by atoms with Crippen LogP contribution in [0.4, 0.5) is 0 Å². The molecule has 0 saturated heterocycles. The van der Waals surface area contributed by atoms with Crippen molar-refractivity contribution in [2.45, 2.75) is 91.6 Å². The molecular weight excluding hydrogens is 399 g/mol. The molecule has 0 bridgehead atoms. The van der Waals surface area contributed by atoms with Crippen LogP contribution in [0.1, 0.15) is 81.1 Å². The maximum Gasteiger partial charge on any atom is 2.00 e. The summed E-state index contributed by atoms with van der Waals surface area (Å²) in [5.41, 5.74) is 0. The van der Waals surface area contributed by atoms with Crippen LogP contribution >= 0.6 is 0 Å². The molecule has 0 aromatic heterocycles. The molecule has 2 atom stereocenters. The molecule has 0 spiro atoms. The summed E-state index contributed by atoms with van der Waals surface area (Å²) in [6.07, 6.45) is 4.83. The summed E-state index contributed by atoms with van der Waals surface area (Å²) < 4.78 is 0. The molecule has 2 unspecified atom stereocenters. The fourth-order valence-electron chi connectivity index (χ4n) is 0.813. The van der Waals surface area contributed by atoms with Gasteiger partial charge in [0, 0.05) is 0 Å². The van der Waals surface area contributed by atoms with Crippen molar-refractivity contribution in [1.82, 2.24) is 0 Å². The predicted octanol–water partition coefficient (Wildman–Crippen LogP) is 6.02.